The molecule has 1 aliphatic heterocycles. The summed E-state index contributed by atoms with van der Waals surface area (Å²) in [7, 11) is 0. The first-order chi connectivity index (χ1) is 6.77. The fourth-order valence-corrected chi connectivity index (χ4v) is 1.45. The molecule has 0 aromatic heterocycles. The monoisotopic (exact) mass is 194 g/mol. The zero-order chi connectivity index (χ0) is 10.4. The highest BCUT2D eigenvalue weighted by molar-refractivity contribution is 5.73. The Morgan fingerprint density at radius 3 is 2.57 bits per heavy atom. The SMILES string of the molecule is CCC.O=C1CCC2=CCCC=C2O1. The van der Waals surface area contributed by atoms with Crippen LogP contribution in [0.15, 0.2) is 23.5 Å². The summed E-state index contributed by atoms with van der Waals surface area (Å²) in [5, 5.41) is 0. The standard InChI is InChI=1S/C9H10O2.C3H8/c10-9-6-5-7-3-1-2-4-8(7)11-9;1-3-2/h3-4H,1-2,5-6H2;3H2,1-2H3. The van der Waals surface area contributed by atoms with Gasteiger partial charge in [-0.25, -0.2) is 0 Å². The molecule has 1 aliphatic carbocycles. The van der Waals surface area contributed by atoms with Gasteiger partial charge < -0.3 is 4.74 Å². The van der Waals surface area contributed by atoms with Crippen LogP contribution in [-0.4, -0.2) is 5.97 Å². The zero-order valence-corrected chi connectivity index (χ0v) is 9.01. The topological polar surface area (TPSA) is 26.3 Å². The minimum Gasteiger partial charge on any atom is -0.427 e. The number of rotatable bonds is 0. The number of esters is 1. The molecule has 0 amide bonds. The fraction of sp³-hybridized carbons (Fsp3) is 0.583. The number of hydrogen-bond donors (Lipinski definition) is 0. The molecule has 78 valence electrons. The van der Waals surface area contributed by atoms with Crippen LogP contribution < -0.4 is 0 Å². The van der Waals surface area contributed by atoms with E-state index in [1.54, 1.807) is 0 Å². The Morgan fingerprint density at radius 2 is 1.86 bits per heavy atom. The van der Waals surface area contributed by atoms with E-state index in [0.29, 0.717) is 6.42 Å². The van der Waals surface area contributed by atoms with Gasteiger partial charge in [0, 0.05) is 0 Å². The number of carbonyl (C=O) groups is 1. The molecule has 2 aliphatic rings. The Balaban J connectivity index is 0.000000293. The van der Waals surface area contributed by atoms with Crippen molar-refractivity contribution >= 4 is 5.97 Å². The van der Waals surface area contributed by atoms with Gasteiger partial charge in [0.25, 0.3) is 0 Å². The van der Waals surface area contributed by atoms with Crippen LogP contribution in [0.2, 0.25) is 0 Å². The minimum absolute atomic E-state index is 0.0877. The number of allylic oxidation sites excluding steroid dienone is 3. The lowest BCUT2D eigenvalue weighted by Gasteiger charge is -2.20. The van der Waals surface area contributed by atoms with E-state index in [2.05, 4.69) is 19.9 Å². The second-order valence-corrected chi connectivity index (χ2v) is 3.56. The molecule has 0 atom stereocenters. The van der Waals surface area contributed by atoms with E-state index in [0.717, 1.165) is 25.0 Å². The van der Waals surface area contributed by atoms with Crippen molar-refractivity contribution in [3.05, 3.63) is 23.5 Å². The molecule has 0 radical (unpaired) electrons. The van der Waals surface area contributed by atoms with Gasteiger partial charge in [0.15, 0.2) is 0 Å². The summed E-state index contributed by atoms with van der Waals surface area (Å²) in [6.07, 6.45) is 8.94. The number of ether oxygens (including phenoxy) is 1. The second kappa shape index (κ2) is 5.63. The third-order valence-corrected chi connectivity index (χ3v) is 2.03. The molecule has 2 rings (SSSR count). The summed E-state index contributed by atoms with van der Waals surface area (Å²) in [5.41, 5.74) is 1.22. The van der Waals surface area contributed by atoms with E-state index in [9.17, 15) is 4.79 Å². The highest BCUT2D eigenvalue weighted by Crippen LogP contribution is 2.28. The lowest BCUT2D eigenvalue weighted by Crippen LogP contribution is -2.14. The third-order valence-electron chi connectivity index (χ3n) is 2.03. The number of carbonyl (C=O) groups excluding carboxylic acids is 1. The highest BCUT2D eigenvalue weighted by atomic mass is 16.5. The van der Waals surface area contributed by atoms with Crippen molar-refractivity contribution in [3.8, 4) is 0 Å². The molecule has 0 aromatic carbocycles. The van der Waals surface area contributed by atoms with Gasteiger partial charge in [0.05, 0.1) is 6.42 Å². The van der Waals surface area contributed by atoms with Crippen LogP contribution in [-0.2, 0) is 9.53 Å². The van der Waals surface area contributed by atoms with Crippen molar-refractivity contribution in [1.82, 2.24) is 0 Å². The molecule has 0 unspecified atom stereocenters. The van der Waals surface area contributed by atoms with Crippen LogP contribution in [0.5, 0.6) is 0 Å². The van der Waals surface area contributed by atoms with Gasteiger partial charge in [-0.05, 0) is 30.9 Å². The molecule has 0 bridgehead atoms. The quantitative estimate of drug-likeness (QED) is 0.553. The first-order valence-electron chi connectivity index (χ1n) is 5.38. The van der Waals surface area contributed by atoms with Gasteiger partial charge in [0.2, 0.25) is 0 Å². The normalized spacial score (nSPS) is 19.4. The smallest absolute Gasteiger partial charge is 0.311 e. The molecule has 0 saturated carbocycles. The van der Waals surface area contributed by atoms with Crippen molar-refractivity contribution in [1.29, 1.82) is 0 Å². The van der Waals surface area contributed by atoms with E-state index in [1.165, 1.54) is 12.0 Å². The van der Waals surface area contributed by atoms with Crippen LogP contribution in [0.3, 0.4) is 0 Å². The predicted molar refractivity (Wildman–Crippen MR) is 56.7 cm³/mol. The van der Waals surface area contributed by atoms with E-state index >= 15 is 0 Å². The highest BCUT2D eigenvalue weighted by Gasteiger charge is 2.20. The van der Waals surface area contributed by atoms with Crippen molar-refractivity contribution in [2.45, 2.75) is 46.0 Å². The molecule has 0 aromatic rings. The maximum atomic E-state index is 10.8. The van der Waals surface area contributed by atoms with Crippen LogP contribution >= 0.6 is 0 Å². The summed E-state index contributed by atoms with van der Waals surface area (Å²) in [6.45, 7) is 4.25. The zero-order valence-electron chi connectivity index (χ0n) is 9.01. The average molecular weight is 194 g/mol. The lowest BCUT2D eigenvalue weighted by atomic mass is 9.99. The van der Waals surface area contributed by atoms with Gasteiger partial charge in [-0.15, -0.1) is 0 Å². The first kappa shape index (κ1) is 11.0. The van der Waals surface area contributed by atoms with Crippen molar-refractivity contribution in [2.75, 3.05) is 0 Å². The summed E-state index contributed by atoms with van der Waals surface area (Å²) in [4.78, 5) is 10.8. The molecule has 0 N–H and O–H groups in total. The van der Waals surface area contributed by atoms with E-state index in [-0.39, 0.29) is 5.97 Å². The molecule has 0 spiro atoms. The Hall–Kier alpha value is -1.05. The number of hydrogen-bond acceptors (Lipinski definition) is 2. The van der Waals surface area contributed by atoms with Crippen LogP contribution in [0.4, 0.5) is 0 Å². The van der Waals surface area contributed by atoms with Gasteiger partial charge in [-0.1, -0.05) is 26.3 Å². The minimum atomic E-state index is -0.0877. The molecule has 2 nitrogen and oxygen atoms in total. The van der Waals surface area contributed by atoms with Crippen LogP contribution in [0.1, 0.15) is 46.0 Å². The number of fused-ring (bicyclic) bond motifs is 1. The molecule has 1 saturated heterocycles. The average Bonchev–Trinajstić information content (AvgIpc) is 2.19. The van der Waals surface area contributed by atoms with Gasteiger partial charge >= 0.3 is 5.97 Å². The van der Waals surface area contributed by atoms with E-state index in [4.69, 9.17) is 4.74 Å². The summed E-state index contributed by atoms with van der Waals surface area (Å²) in [5.74, 6) is 0.725. The molecule has 2 heteroatoms. The fourth-order valence-electron chi connectivity index (χ4n) is 1.45. The second-order valence-electron chi connectivity index (χ2n) is 3.56. The molecule has 1 heterocycles. The largest absolute Gasteiger partial charge is 0.427 e. The Bertz CT molecular complexity index is 261. The maximum absolute atomic E-state index is 10.8. The van der Waals surface area contributed by atoms with Gasteiger partial charge in [-0.3, -0.25) is 4.79 Å². The Morgan fingerprint density at radius 1 is 1.21 bits per heavy atom. The Kier molecular flexibility index (Phi) is 4.44. The van der Waals surface area contributed by atoms with E-state index < -0.39 is 0 Å². The predicted octanol–water partition coefficient (Wildman–Crippen LogP) is 3.34. The summed E-state index contributed by atoms with van der Waals surface area (Å²) < 4.78 is 5.04. The van der Waals surface area contributed by atoms with Crippen LogP contribution in [0, 0.1) is 0 Å². The third kappa shape index (κ3) is 3.02. The van der Waals surface area contributed by atoms with Crippen molar-refractivity contribution in [2.24, 2.45) is 0 Å². The van der Waals surface area contributed by atoms with Gasteiger partial charge in [-0.2, -0.15) is 0 Å². The molecule has 14 heavy (non-hydrogen) atoms. The van der Waals surface area contributed by atoms with Gasteiger partial charge in [0.1, 0.15) is 5.76 Å². The first-order valence-corrected chi connectivity index (χ1v) is 5.38. The lowest BCUT2D eigenvalue weighted by molar-refractivity contribution is -0.140. The molecular formula is C12H18O2. The summed E-state index contributed by atoms with van der Waals surface area (Å²) >= 11 is 0. The van der Waals surface area contributed by atoms with Crippen molar-refractivity contribution < 1.29 is 9.53 Å². The Labute approximate surface area is 85.6 Å². The van der Waals surface area contributed by atoms with E-state index in [1.807, 2.05) is 6.08 Å². The molecule has 1 fully saturated rings. The van der Waals surface area contributed by atoms with Crippen LogP contribution in [0.25, 0.3) is 0 Å². The molecular weight excluding hydrogens is 176 g/mol. The van der Waals surface area contributed by atoms with Crippen molar-refractivity contribution in [3.63, 3.8) is 0 Å². The maximum Gasteiger partial charge on any atom is 0.311 e. The summed E-state index contributed by atoms with van der Waals surface area (Å²) in [6, 6.07) is 0.